The molecule has 0 unspecified atom stereocenters. The van der Waals surface area contributed by atoms with Gasteiger partial charge in [-0.05, 0) is 17.7 Å². The van der Waals surface area contributed by atoms with Gasteiger partial charge >= 0.3 is 0 Å². The van der Waals surface area contributed by atoms with Crippen LogP contribution in [0.4, 0.5) is 0 Å². The molecule has 1 aromatic carbocycles. The molecule has 0 atom stereocenters. The molecule has 1 aromatic rings. The number of rotatable bonds is 4. The topological polar surface area (TPSA) is 132 Å². The lowest BCUT2D eigenvalue weighted by Crippen LogP contribution is -2.30. The van der Waals surface area contributed by atoms with Crippen molar-refractivity contribution in [3.8, 4) is 0 Å². The number of hydrogen-bond acceptors (Lipinski definition) is 4. The number of nitrogens with two attached hydrogens (primary N) is 2. The second-order valence-electron chi connectivity index (χ2n) is 3.06. The SMILES string of the molecule is NS(=O)(=O)NCc1cccc(S(N)(=O)=O)c1. The van der Waals surface area contributed by atoms with Crippen LogP contribution in [-0.2, 0) is 26.8 Å². The fraction of sp³-hybridized carbons (Fsp3) is 0.143. The Labute approximate surface area is 93.7 Å². The quantitative estimate of drug-likeness (QED) is 0.619. The Balaban J connectivity index is 2.92. The van der Waals surface area contributed by atoms with E-state index in [0.717, 1.165) is 0 Å². The summed E-state index contributed by atoms with van der Waals surface area (Å²) in [7, 11) is -7.59. The zero-order valence-corrected chi connectivity index (χ0v) is 9.75. The lowest BCUT2D eigenvalue weighted by atomic mass is 10.2. The van der Waals surface area contributed by atoms with Crippen molar-refractivity contribution in [1.82, 2.24) is 4.72 Å². The molecule has 0 saturated carbocycles. The van der Waals surface area contributed by atoms with E-state index in [0.29, 0.717) is 5.56 Å². The van der Waals surface area contributed by atoms with E-state index in [4.69, 9.17) is 10.3 Å². The Morgan fingerprint density at radius 2 is 1.75 bits per heavy atom. The van der Waals surface area contributed by atoms with E-state index in [1.165, 1.54) is 18.2 Å². The zero-order valence-electron chi connectivity index (χ0n) is 8.12. The van der Waals surface area contributed by atoms with Gasteiger partial charge in [0.25, 0.3) is 10.2 Å². The van der Waals surface area contributed by atoms with E-state index in [2.05, 4.69) is 0 Å². The van der Waals surface area contributed by atoms with Crippen LogP contribution in [0.2, 0.25) is 0 Å². The lowest BCUT2D eigenvalue weighted by Gasteiger charge is -2.04. The third kappa shape index (κ3) is 4.24. The Hall–Kier alpha value is -1.00. The van der Waals surface area contributed by atoms with Crippen molar-refractivity contribution in [3.63, 3.8) is 0 Å². The molecule has 0 aliphatic rings. The van der Waals surface area contributed by atoms with Crippen molar-refractivity contribution < 1.29 is 16.8 Å². The van der Waals surface area contributed by atoms with Gasteiger partial charge in [-0.1, -0.05) is 12.1 Å². The minimum atomic E-state index is -3.80. The average Bonchev–Trinajstić information content (AvgIpc) is 2.13. The molecule has 0 heterocycles. The van der Waals surface area contributed by atoms with Gasteiger partial charge in [0.2, 0.25) is 10.0 Å². The van der Waals surface area contributed by atoms with E-state index < -0.39 is 20.2 Å². The molecule has 0 fully saturated rings. The minimum Gasteiger partial charge on any atom is -0.225 e. The molecular weight excluding hydrogens is 254 g/mol. The summed E-state index contributed by atoms with van der Waals surface area (Å²) in [5, 5.41) is 9.64. The zero-order chi connectivity index (χ0) is 12.4. The number of nitrogens with one attached hydrogen (secondary N) is 1. The molecule has 90 valence electrons. The van der Waals surface area contributed by atoms with Crippen LogP contribution in [0.1, 0.15) is 5.56 Å². The molecule has 16 heavy (non-hydrogen) atoms. The predicted molar refractivity (Wildman–Crippen MR) is 57.8 cm³/mol. The van der Waals surface area contributed by atoms with Crippen LogP contribution in [0, 0.1) is 0 Å². The van der Waals surface area contributed by atoms with Gasteiger partial charge < -0.3 is 0 Å². The molecule has 7 nitrogen and oxygen atoms in total. The van der Waals surface area contributed by atoms with Crippen LogP contribution in [0.25, 0.3) is 0 Å². The van der Waals surface area contributed by atoms with Gasteiger partial charge in [-0.3, -0.25) is 0 Å². The molecule has 0 aliphatic carbocycles. The fourth-order valence-electron chi connectivity index (χ4n) is 1.02. The van der Waals surface area contributed by atoms with Crippen molar-refractivity contribution >= 4 is 20.2 Å². The predicted octanol–water partition coefficient (Wildman–Crippen LogP) is -1.37. The third-order valence-corrected chi connectivity index (χ3v) is 3.16. The molecule has 1 rings (SSSR count). The highest BCUT2D eigenvalue weighted by Gasteiger charge is 2.08. The van der Waals surface area contributed by atoms with E-state index in [1.54, 1.807) is 6.07 Å². The summed E-state index contributed by atoms with van der Waals surface area (Å²) in [5.41, 5.74) is 0.445. The van der Waals surface area contributed by atoms with E-state index in [-0.39, 0.29) is 11.4 Å². The van der Waals surface area contributed by atoms with Crippen LogP contribution in [0.5, 0.6) is 0 Å². The second-order valence-corrected chi connectivity index (χ2v) is 6.00. The highest BCUT2D eigenvalue weighted by molar-refractivity contribution is 7.89. The monoisotopic (exact) mass is 265 g/mol. The highest BCUT2D eigenvalue weighted by atomic mass is 32.2. The normalized spacial score (nSPS) is 12.6. The Bertz CT molecular complexity index is 579. The standard InChI is InChI=1S/C7H11N3O4S2/c8-15(11,12)7-3-1-2-6(4-7)5-10-16(9,13)14/h1-4,10H,5H2,(H2,8,11,12)(H2,9,13,14). The van der Waals surface area contributed by atoms with Gasteiger partial charge in [0, 0.05) is 6.54 Å². The van der Waals surface area contributed by atoms with Crippen molar-refractivity contribution in [2.75, 3.05) is 0 Å². The van der Waals surface area contributed by atoms with Gasteiger partial charge in [-0.15, -0.1) is 0 Å². The Morgan fingerprint density at radius 3 is 2.25 bits per heavy atom. The molecule has 9 heteroatoms. The van der Waals surface area contributed by atoms with Crippen LogP contribution < -0.4 is 15.0 Å². The Kier molecular flexibility index (Phi) is 3.65. The van der Waals surface area contributed by atoms with Gasteiger partial charge in [0.15, 0.2) is 0 Å². The first kappa shape index (κ1) is 13.1. The third-order valence-electron chi connectivity index (χ3n) is 1.70. The maximum absolute atomic E-state index is 11.0. The molecule has 0 aliphatic heterocycles. The second kappa shape index (κ2) is 4.47. The summed E-state index contributed by atoms with van der Waals surface area (Å²) in [5.74, 6) is 0. The summed E-state index contributed by atoms with van der Waals surface area (Å²) < 4.78 is 45.3. The average molecular weight is 265 g/mol. The number of primary sulfonamides is 1. The van der Waals surface area contributed by atoms with Gasteiger partial charge in [0.05, 0.1) is 4.90 Å². The smallest absolute Gasteiger partial charge is 0.225 e. The van der Waals surface area contributed by atoms with Gasteiger partial charge in [-0.2, -0.15) is 13.1 Å². The van der Waals surface area contributed by atoms with Crippen molar-refractivity contribution in [1.29, 1.82) is 0 Å². The lowest BCUT2D eigenvalue weighted by molar-refractivity contribution is 0.583. The number of hydrogen-bond donors (Lipinski definition) is 3. The van der Waals surface area contributed by atoms with E-state index in [1.807, 2.05) is 4.72 Å². The highest BCUT2D eigenvalue weighted by Crippen LogP contribution is 2.09. The molecule has 0 spiro atoms. The van der Waals surface area contributed by atoms with Crippen LogP contribution in [0.15, 0.2) is 29.2 Å². The maximum atomic E-state index is 11.0. The first-order valence-corrected chi connectivity index (χ1v) is 7.17. The van der Waals surface area contributed by atoms with E-state index >= 15 is 0 Å². The van der Waals surface area contributed by atoms with Gasteiger partial charge in [-0.25, -0.2) is 18.7 Å². The molecule has 0 aromatic heterocycles. The number of benzene rings is 1. The molecule has 0 radical (unpaired) electrons. The first-order chi connectivity index (χ1) is 7.18. The maximum Gasteiger partial charge on any atom is 0.274 e. The van der Waals surface area contributed by atoms with Crippen molar-refractivity contribution in [2.24, 2.45) is 10.3 Å². The summed E-state index contributed by atoms with van der Waals surface area (Å²) in [6.07, 6.45) is 0. The van der Waals surface area contributed by atoms with Gasteiger partial charge in [0.1, 0.15) is 0 Å². The molecule has 0 amide bonds. The molecular formula is C7H11N3O4S2. The summed E-state index contributed by atoms with van der Waals surface area (Å²) in [6, 6.07) is 5.59. The fourth-order valence-corrected chi connectivity index (χ4v) is 1.97. The summed E-state index contributed by atoms with van der Waals surface area (Å²) >= 11 is 0. The number of sulfonamides is 1. The molecule has 0 saturated heterocycles. The van der Waals surface area contributed by atoms with E-state index in [9.17, 15) is 16.8 Å². The first-order valence-electron chi connectivity index (χ1n) is 4.07. The van der Waals surface area contributed by atoms with Crippen molar-refractivity contribution in [2.45, 2.75) is 11.4 Å². The van der Waals surface area contributed by atoms with Crippen molar-refractivity contribution in [3.05, 3.63) is 29.8 Å². The Morgan fingerprint density at radius 1 is 1.12 bits per heavy atom. The summed E-state index contributed by atoms with van der Waals surface area (Å²) in [6.45, 7) is -0.0950. The van der Waals surface area contributed by atoms with Crippen LogP contribution in [-0.4, -0.2) is 16.8 Å². The minimum absolute atomic E-state index is 0.0822. The molecule has 0 bridgehead atoms. The largest absolute Gasteiger partial charge is 0.274 e. The van der Waals surface area contributed by atoms with Crippen LogP contribution in [0.3, 0.4) is 0 Å². The molecule has 5 N–H and O–H groups in total. The van der Waals surface area contributed by atoms with Crippen LogP contribution >= 0.6 is 0 Å². The summed E-state index contributed by atoms with van der Waals surface area (Å²) in [4.78, 5) is -0.0822.